The van der Waals surface area contributed by atoms with E-state index < -0.39 is 0 Å². The van der Waals surface area contributed by atoms with Crippen LogP contribution in [-0.2, 0) is 16.0 Å². The number of amides is 1. The summed E-state index contributed by atoms with van der Waals surface area (Å²) in [5.74, 6) is -0.912. The number of hydrogen-bond donors (Lipinski definition) is 0. The van der Waals surface area contributed by atoms with E-state index in [0.29, 0.717) is 18.6 Å². The van der Waals surface area contributed by atoms with Gasteiger partial charge in [0.15, 0.2) is 0 Å². The van der Waals surface area contributed by atoms with Gasteiger partial charge in [-0.15, -0.1) is 5.11 Å². The van der Waals surface area contributed by atoms with Crippen molar-refractivity contribution in [1.29, 1.82) is 0 Å². The van der Waals surface area contributed by atoms with Crippen molar-refractivity contribution < 1.29 is 14.3 Å². The van der Waals surface area contributed by atoms with Gasteiger partial charge >= 0.3 is 5.97 Å². The summed E-state index contributed by atoms with van der Waals surface area (Å²) < 4.78 is 5.09. The number of benzene rings is 1. The highest BCUT2D eigenvalue weighted by atomic mass is 16.5. The maximum absolute atomic E-state index is 12.1. The van der Waals surface area contributed by atoms with Crippen LogP contribution in [0.5, 0.6) is 0 Å². The standard InChI is InChI=1S/C15H14N2O3/c1-3-20-15(19)9-5-4-8(2)10-6-11-12(13(9)10)7-16-17-14(11)18/h4-5,7,11H,3,6H2,1-2H3. The molecule has 1 amide bonds. The zero-order valence-electron chi connectivity index (χ0n) is 11.3. The molecule has 5 heteroatoms. The molecule has 1 aliphatic heterocycles. The molecular weight excluding hydrogens is 256 g/mol. The average molecular weight is 270 g/mol. The van der Waals surface area contributed by atoms with Gasteiger partial charge < -0.3 is 4.74 Å². The van der Waals surface area contributed by atoms with E-state index in [4.69, 9.17) is 4.74 Å². The van der Waals surface area contributed by atoms with E-state index >= 15 is 0 Å². The van der Waals surface area contributed by atoms with Gasteiger partial charge in [-0.05, 0) is 48.6 Å². The average Bonchev–Trinajstić information content (AvgIpc) is 2.82. The van der Waals surface area contributed by atoms with Crippen LogP contribution >= 0.6 is 0 Å². The van der Waals surface area contributed by atoms with Crippen LogP contribution in [0.2, 0.25) is 0 Å². The number of nitrogens with zero attached hydrogens (tertiary/aromatic N) is 2. The highest BCUT2D eigenvalue weighted by Crippen LogP contribution is 2.43. The van der Waals surface area contributed by atoms with Crippen LogP contribution in [0, 0.1) is 12.8 Å². The van der Waals surface area contributed by atoms with Crippen molar-refractivity contribution in [3.63, 3.8) is 0 Å². The van der Waals surface area contributed by atoms with Gasteiger partial charge in [0.1, 0.15) is 0 Å². The molecule has 1 heterocycles. The van der Waals surface area contributed by atoms with Gasteiger partial charge in [-0.25, -0.2) is 4.79 Å². The van der Waals surface area contributed by atoms with Crippen LogP contribution < -0.4 is 0 Å². The number of azo groups is 1. The Morgan fingerprint density at radius 2 is 2.25 bits per heavy atom. The van der Waals surface area contributed by atoms with Gasteiger partial charge in [-0.1, -0.05) is 6.07 Å². The summed E-state index contributed by atoms with van der Waals surface area (Å²) in [6.45, 7) is 4.07. The van der Waals surface area contributed by atoms with E-state index in [1.807, 2.05) is 13.0 Å². The lowest BCUT2D eigenvalue weighted by Gasteiger charge is -2.12. The van der Waals surface area contributed by atoms with E-state index in [1.54, 1.807) is 19.2 Å². The Morgan fingerprint density at radius 1 is 1.45 bits per heavy atom. The highest BCUT2D eigenvalue weighted by molar-refractivity contribution is 6.03. The molecule has 0 saturated carbocycles. The van der Waals surface area contributed by atoms with Crippen LogP contribution in [0.15, 0.2) is 28.6 Å². The molecular formula is C15H14N2O3. The van der Waals surface area contributed by atoms with Crippen molar-refractivity contribution in [2.75, 3.05) is 6.61 Å². The van der Waals surface area contributed by atoms with Gasteiger partial charge in [-0.2, -0.15) is 5.11 Å². The monoisotopic (exact) mass is 270 g/mol. The number of esters is 1. The normalized spacial score (nSPS) is 19.4. The van der Waals surface area contributed by atoms with Crippen LogP contribution in [-0.4, -0.2) is 18.5 Å². The summed E-state index contributed by atoms with van der Waals surface area (Å²) in [7, 11) is 0. The summed E-state index contributed by atoms with van der Waals surface area (Å²) in [4.78, 5) is 23.9. The number of ether oxygens (including phenoxy) is 1. The van der Waals surface area contributed by atoms with E-state index in [1.165, 1.54) is 0 Å². The van der Waals surface area contributed by atoms with Crippen molar-refractivity contribution in [1.82, 2.24) is 0 Å². The Balaban J connectivity index is 2.17. The number of fused-ring (bicyclic) bond motifs is 3. The van der Waals surface area contributed by atoms with Crippen molar-refractivity contribution in [3.05, 3.63) is 40.6 Å². The molecule has 1 unspecified atom stereocenters. The molecule has 1 aliphatic carbocycles. The van der Waals surface area contributed by atoms with E-state index in [-0.39, 0.29) is 17.8 Å². The first-order valence-electron chi connectivity index (χ1n) is 6.58. The quantitative estimate of drug-likeness (QED) is 0.776. The predicted octanol–water partition coefficient (Wildman–Crippen LogP) is 2.68. The van der Waals surface area contributed by atoms with Crippen molar-refractivity contribution >= 4 is 17.4 Å². The highest BCUT2D eigenvalue weighted by Gasteiger charge is 2.38. The fourth-order valence-electron chi connectivity index (χ4n) is 2.80. The van der Waals surface area contributed by atoms with Crippen molar-refractivity contribution in [2.45, 2.75) is 20.3 Å². The van der Waals surface area contributed by atoms with Gasteiger partial charge in [0.05, 0.1) is 24.3 Å². The molecule has 1 aromatic carbocycles. The number of rotatable bonds is 2. The molecule has 1 aromatic rings. The number of carbonyl (C=O) groups is 2. The summed E-state index contributed by atoms with van der Waals surface area (Å²) in [5, 5.41) is 7.33. The van der Waals surface area contributed by atoms with E-state index in [9.17, 15) is 9.59 Å². The molecule has 2 aliphatic rings. The minimum absolute atomic E-state index is 0.243. The molecule has 20 heavy (non-hydrogen) atoms. The first kappa shape index (κ1) is 12.7. The molecule has 1 atom stereocenters. The van der Waals surface area contributed by atoms with Gasteiger partial charge in [0.25, 0.3) is 5.91 Å². The van der Waals surface area contributed by atoms with Crippen LogP contribution in [0.1, 0.15) is 34.0 Å². The second-order valence-electron chi connectivity index (χ2n) is 4.90. The van der Waals surface area contributed by atoms with Gasteiger partial charge in [0, 0.05) is 0 Å². The summed E-state index contributed by atoms with van der Waals surface area (Å²) in [5.41, 5.74) is 4.18. The SMILES string of the molecule is CCOC(=O)c1ccc(C)c2c1C1=CN=NC(=O)C1C2. The number of carbonyl (C=O) groups excluding carboxylic acids is 2. The maximum Gasteiger partial charge on any atom is 0.338 e. The lowest BCUT2D eigenvalue weighted by molar-refractivity contribution is -0.120. The fraction of sp³-hybridized carbons (Fsp3) is 0.333. The minimum atomic E-state index is -0.361. The van der Waals surface area contributed by atoms with E-state index in [2.05, 4.69) is 10.2 Å². The fourth-order valence-corrected chi connectivity index (χ4v) is 2.80. The Labute approximate surface area is 116 Å². The maximum atomic E-state index is 12.1. The van der Waals surface area contributed by atoms with Crippen LogP contribution in [0.4, 0.5) is 0 Å². The molecule has 5 nitrogen and oxygen atoms in total. The first-order chi connectivity index (χ1) is 9.63. The summed E-state index contributed by atoms with van der Waals surface area (Å²) >= 11 is 0. The third-order valence-corrected chi connectivity index (χ3v) is 3.77. The van der Waals surface area contributed by atoms with E-state index in [0.717, 1.165) is 22.3 Å². The second-order valence-corrected chi connectivity index (χ2v) is 4.90. The van der Waals surface area contributed by atoms with Crippen molar-refractivity contribution in [3.8, 4) is 0 Å². The van der Waals surface area contributed by atoms with Crippen LogP contribution in [0.3, 0.4) is 0 Å². The Hall–Kier alpha value is -2.30. The Bertz CT molecular complexity index is 674. The van der Waals surface area contributed by atoms with Gasteiger partial charge in [0.2, 0.25) is 0 Å². The predicted molar refractivity (Wildman–Crippen MR) is 72.2 cm³/mol. The topological polar surface area (TPSA) is 68.1 Å². The smallest absolute Gasteiger partial charge is 0.338 e. The minimum Gasteiger partial charge on any atom is -0.462 e. The summed E-state index contributed by atoms with van der Waals surface area (Å²) in [6, 6.07) is 3.65. The third kappa shape index (κ3) is 1.78. The molecule has 0 radical (unpaired) electrons. The Kier molecular flexibility index (Phi) is 2.97. The third-order valence-electron chi connectivity index (χ3n) is 3.77. The van der Waals surface area contributed by atoms with Gasteiger partial charge in [-0.3, -0.25) is 4.79 Å². The molecule has 0 bridgehead atoms. The van der Waals surface area contributed by atoms with Crippen LogP contribution in [0.25, 0.3) is 5.57 Å². The molecule has 0 fully saturated rings. The Morgan fingerprint density at radius 3 is 3.00 bits per heavy atom. The molecule has 3 rings (SSSR count). The molecule has 0 saturated heterocycles. The largest absolute Gasteiger partial charge is 0.462 e. The molecule has 0 aromatic heterocycles. The summed E-state index contributed by atoms with van der Waals surface area (Å²) in [6.07, 6.45) is 2.16. The zero-order chi connectivity index (χ0) is 14.3. The lowest BCUT2D eigenvalue weighted by atomic mass is 9.95. The molecule has 0 N–H and O–H groups in total. The number of aryl methyl sites for hydroxylation is 1. The molecule has 102 valence electrons. The zero-order valence-corrected chi connectivity index (χ0v) is 11.3. The molecule has 0 spiro atoms. The lowest BCUT2D eigenvalue weighted by Crippen LogP contribution is -2.14. The first-order valence-corrected chi connectivity index (χ1v) is 6.58. The van der Waals surface area contributed by atoms with Crippen molar-refractivity contribution in [2.24, 2.45) is 16.1 Å². The number of hydrogen-bond acceptors (Lipinski definition) is 4. The second kappa shape index (κ2) is 4.67.